The van der Waals surface area contributed by atoms with Gasteiger partial charge in [0.1, 0.15) is 6.10 Å². The van der Waals surface area contributed by atoms with E-state index in [4.69, 9.17) is 23.7 Å². The number of carbonyl (C=O) groups excluding carboxylic acids is 1. The largest absolute Gasteiger partial charge is 0.416 e. The lowest BCUT2D eigenvalue weighted by Gasteiger charge is -2.43. The van der Waals surface area contributed by atoms with Crippen LogP contribution in [0.25, 0.3) is 0 Å². The van der Waals surface area contributed by atoms with Gasteiger partial charge >= 0.3 is 6.18 Å². The van der Waals surface area contributed by atoms with E-state index in [-0.39, 0.29) is 32.0 Å². The molecular formula is C32H41F3N2O6. The molecular weight excluding hydrogens is 565 g/mol. The summed E-state index contributed by atoms with van der Waals surface area (Å²) in [4.78, 5) is 16.3. The van der Waals surface area contributed by atoms with Crippen molar-refractivity contribution in [3.63, 3.8) is 0 Å². The molecule has 0 radical (unpaired) electrons. The summed E-state index contributed by atoms with van der Waals surface area (Å²) in [5.74, 6) is -1.15. The third-order valence-electron chi connectivity index (χ3n) is 8.22. The van der Waals surface area contributed by atoms with E-state index in [9.17, 15) is 18.0 Å². The summed E-state index contributed by atoms with van der Waals surface area (Å²) in [5.41, 5.74) is 0.606. The van der Waals surface area contributed by atoms with Gasteiger partial charge in [-0.05, 0) is 44.0 Å². The van der Waals surface area contributed by atoms with Crippen molar-refractivity contribution in [3.05, 3.63) is 70.8 Å². The highest BCUT2D eigenvalue weighted by Gasteiger charge is 2.58. The predicted octanol–water partition coefficient (Wildman–Crippen LogP) is 4.62. The number of morpholine rings is 1. The van der Waals surface area contributed by atoms with E-state index in [2.05, 4.69) is 10.2 Å². The molecule has 2 aromatic rings. The molecule has 1 amide bonds. The number of benzene rings is 2. The lowest BCUT2D eigenvalue weighted by Crippen LogP contribution is -2.60. The smallest absolute Gasteiger partial charge is 0.379 e. The Bertz CT molecular complexity index is 1230. The monoisotopic (exact) mass is 606 g/mol. The number of fused-ring (bicyclic) bond motifs is 1. The Balaban J connectivity index is 1.35. The number of aryl methyl sites for hydroxylation is 1. The van der Waals surface area contributed by atoms with Crippen LogP contribution in [0.3, 0.4) is 0 Å². The van der Waals surface area contributed by atoms with E-state index in [1.807, 2.05) is 45.0 Å². The number of ether oxygens (including phenoxy) is 5. The summed E-state index contributed by atoms with van der Waals surface area (Å²) in [6, 6.07) is 12.8. The topological polar surface area (TPSA) is 78.5 Å². The Morgan fingerprint density at radius 1 is 1.02 bits per heavy atom. The average molecular weight is 607 g/mol. The molecule has 0 bridgehead atoms. The van der Waals surface area contributed by atoms with Gasteiger partial charge < -0.3 is 29.0 Å². The first kappa shape index (κ1) is 31.9. The number of hydrogen-bond donors (Lipinski definition) is 1. The van der Waals surface area contributed by atoms with Gasteiger partial charge in [0.25, 0.3) is 5.91 Å². The maximum absolute atomic E-state index is 14.0. The molecule has 2 heterocycles. The van der Waals surface area contributed by atoms with Crippen LogP contribution >= 0.6 is 0 Å². The Kier molecular flexibility index (Phi) is 9.79. The second kappa shape index (κ2) is 13.2. The molecule has 3 aliphatic rings. The third kappa shape index (κ3) is 8.14. The van der Waals surface area contributed by atoms with Gasteiger partial charge in [-0.25, -0.2) is 0 Å². The molecule has 2 aliphatic heterocycles. The summed E-state index contributed by atoms with van der Waals surface area (Å²) in [6.45, 7) is 10.00. The van der Waals surface area contributed by atoms with Crippen molar-refractivity contribution in [1.82, 2.24) is 10.2 Å². The third-order valence-corrected chi connectivity index (χ3v) is 8.22. The minimum Gasteiger partial charge on any atom is -0.379 e. The van der Waals surface area contributed by atoms with E-state index < -0.39 is 41.4 Å². The van der Waals surface area contributed by atoms with E-state index in [0.29, 0.717) is 31.9 Å². The molecule has 5 rings (SSSR count). The van der Waals surface area contributed by atoms with E-state index in [1.165, 1.54) is 12.1 Å². The second-order valence-corrected chi connectivity index (χ2v) is 12.1. The number of rotatable bonds is 10. The molecule has 0 aromatic heterocycles. The van der Waals surface area contributed by atoms with Gasteiger partial charge in [-0.3, -0.25) is 9.69 Å². The minimum absolute atomic E-state index is 0.0441. The summed E-state index contributed by atoms with van der Waals surface area (Å²) in [5, 5.41) is 3.10. The highest BCUT2D eigenvalue weighted by molar-refractivity contribution is 5.85. The Labute approximate surface area is 250 Å². The lowest BCUT2D eigenvalue weighted by molar-refractivity contribution is -0.183. The van der Waals surface area contributed by atoms with Crippen LogP contribution in [0.5, 0.6) is 0 Å². The fourth-order valence-electron chi connectivity index (χ4n) is 6.04. The van der Waals surface area contributed by atoms with Crippen molar-refractivity contribution in [2.75, 3.05) is 39.4 Å². The van der Waals surface area contributed by atoms with Crippen LogP contribution < -0.4 is 5.32 Å². The zero-order chi connectivity index (χ0) is 30.7. The summed E-state index contributed by atoms with van der Waals surface area (Å²) in [6.07, 6.45) is -5.50. The van der Waals surface area contributed by atoms with Gasteiger partial charge in [0, 0.05) is 39.0 Å². The van der Waals surface area contributed by atoms with E-state index in [0.717, 1.165) is 36.3 Å². The lowest BCUT2D eigenvalue weighted by atomic mass is 9.78. The molecule has 236 valence electrons. The Hall–Kier alpha value is -2.54. The number of nitrogens with one attached hydrogen (secondary N) is 1. The van der Waals surface area contributed by atoms with Crippen molar-refractivity contribution < 1.29 is 41.7 Å². The number of alkyl halides is 3. The number of carbonyl (C=O) groups is 1. The predicted molar refractivity (Wildman–Crippen MR) is 152 cm³/mol. The molecule has 11 heteroatoms. The van der Waals surface area contributed by atoms with Crippen molar-refractivity contribution in [1.29, 1.82) is 0 Å². The van der Waals surface area contributed by atoms with Crippen LogP contribution in [0, 0.1) is 6.92 Å². The maximum atomic E-state index is 14.0. The van der Waals surface area contributed by atoms with E-state index >= 15 is 0 Å². The Morgan fingerprint density at radius 3 is 2.47 bits per heavy atom. The number of amides is 1. The van der Waals surface area contributed by atoms with Crippen LogP contribution in [0.15, 0.2) is 48.5 Å². The molecule has 1 N–H and O–H groups in total. The van der Waals surface area contributed by atoms with Crippen LogP contribution in [-0.2, 0) is 47.9 Å². The van der Waals surface area contributed by atoms with Crippen LogP contribution in [0.2, 0.25) is 0 Å². The average Bonchev–Trinajstić information content (AvgIpc) is 3.28. The van der Waals surface area contributed by atoms with Crippen molar-refractivity contribution in [2.45, 2.75) is 82.7 Å². The zero-order valence-corrected chi connectivity index (χ0v) is 25.0. The molecule has 3 fully saturated rings. The van der Waals surface area contributed by atoms with Crippen molar-refractivity contribution in [2.24, 2.45) is 0 Å². The molecule has 43 heavy (non-hydrogen) atoms. The summed E-state index contributed by atoms with van der Waals surface area (Å²) >= 11 is 0. The van der Waals surface area contributed by atoms with Gasteiger partial charge in [-0.2, -0.15) is 13.2 Å². The fraction of sp³-hybridized carbons (Fsp3) is 0.594. The first-order valence-corrected chi connectivity index (χ1v) is 14.8. The Morgan fingerprint density at radius 2 is 1.77 bits per heavy atom. The first-order chi connectivity index (χ1) is 20.4. The van der Waals surface area contributed by atoms with Gasteiger partial charge in [0.15, 0.2) is 11.4 Å². The molecule has 8 nitrogen and oxygen atoms in total. The van der Waals surface area contributed by atoms with Crippen LogP contribution in [-0.4, -0.2) is 79.9 Å². The first-order valence-electron chi connectivity index (χ1n) is 14.8. The van der Waals surface area contributed by atoms with Gasteiger partial charge in [-0.1, -0.05) is 42.0 Å². The molecule has 2 aromatic carbocycles. The molecule has 1 aliphatic carbocycles. The minimum atomic E-state index is -4.42. The maximum Gasteiger partial charge on any atom is 0.416 e. The van der Waals surface area contributed by atoms with Crippen LogP contribution in [0.4, 0.5) is 13.2 Å². The summed E-state index contributed by atoms with van der Waals surface area (Å²) in [7, 11) is 0. The number of halogens is 3. The van der Waals surface area contributed by atoms with Crippen LogP contribution in [0.1, 0.15) is 48.9 Å². The summed E-state index contributed by atoms with van der Waals surface area (Å²) < 4.78 is 70.0. The quantitative estimate of drug-likeness (QED) is 0.423. The van der Waals surface area contributed by atoms with Gasteiger partial charge in [0.05, 0.1) is 44.2 Å². The van der Waals surface area contributed by atoms with Crippen molar-refractivity contribution >= 4 is 5.91 Å². The highest BCUT2D eigenvalue weighted by Crippen LogP contribution is 2.44. The van der Waals surface area contributed by atoms with E-state index in [1.54, 1.807) is 0 Å². The van der Waals surface area contributed by atoms with Gasteiger partial charge in [-0.15, -0.1) is 0 Å². The number of nitrogens with zero attached hydrogens (tertiary/aromatic N) is 1. The molecule has 1 saturated carbocycles. The SMILES string of the molecule is Cc1cccc(CO[C@]2(C(=O)NCCN3CCOCC3)CC(OCc3ccc(C(F)(F)F)cc3)[C@@H]3OC(C)(C)O[C@@H]3C2)c1. The van der Waals surface area contributed by atoms with Crippen molar-refractivity contribution in [3.8, 4) is 0 Å². The molecule has 0 spiro atoms. The molecule has 1 unspecified atom stereocenters. The van der Waals surface area contributed by atoms with Gasteiger partial charge in [0.2, 0.25) is 0 Å². The molecule has 2 saturated heterocycles. The number of hydrogen-bond acceptors (Lipinski definition) is 7. The second-order valence-electron chi connectivity index (χ2n) is 12.1. The molecule has 4 atom stereocenters. The normalized spacial score (nSPS) is 27.5. The fourth-order valence-corrected chi connectivity index (χ4v) is 6.04. The zero-order valence-electron chi connectivity index (χ0n) is 25.0. The standard InChI is InChI=1S/C32H41F3N2O6/c1-22-5-4-6-24(17-22)21-41-31(29(38)36-11-12-37-13-15-39-16-14-37)18-26(28-27(19-31)42-30(2,3)43-28)40-20-23-7-9-25(10-8-23)32(33,34)35/h4-10,17,26-28H,11-16,18-21H2,1-3H3,(H,36,38)/t26?,27-,28+,31-/m1/s1. The highest BCUT2D eigenvalue weighted by atomic mass is 19.4.